The second-order valence-corrected chi connectivity index (χ2v) is 14.7. The first-order valence-corrected chi connectivity index (χ1v) is 17.7. The number of hydrogen-bond acceptors (Lipinski definition) is 7. The average molecular weight is 614 g/mol. The predicted octanol–water partition coefficient (Wildman–Crippen LogP) is 6.34. The number of halogens is 1. The van der Waals surface area contributed by atoms with E-state index in [0.29, 0.717) is 23.3 Å². The van der Waals surface area contributed by atoms with Gasteiger partial charge >= 0.3 is 0 Å². The quantitative estimate of drug-likeness (QED) is 0.125. The van der Waals surface area contributed by atoms with Gasteiger partial charge in [-0.25, -0.2) is 4.99 Å². The van der Waals surface area contributed by atoms with E-state index in [-0.39, 0.29) is 0 Å². The van der Waals surface area contributed by atoms with Crippen LogP contribution in [0.15, 0.2) is 64.4 Å². The van der Waals surface area contributed by atoms with E-state index < -0.39 is 7.14 Å². The zero-order chi connectivity index (χ0) is 30.1. The summed E-state index contributed by atoms with van der Waals surface area (Å²) in [7, 11) is -0.777. The van der Waals surface area contributed by atoms with Gasteiger partial charge in [0.25, 0.3) is 0 Å². The normalized spacial score (nSPS) is 16.8. The number of hydrogen-bond donors (Lipinski definition) is 2. The molecule has 2 N–H and O–H groups in total. The molecule has 0 aromatic heterocycles. The first-order chi connectivity index (χ1) is 20.2. The molecule has 2 aliphatic heterocycles. The van der Waals surface area contributed by atoms with Crippen LogP contribution in [0.5, 0.6) is 5.75 Å². The van der Waals surface area contributed by atoms with Gasteiger partial charge in [0.05, 0.1) is 29.6 Å². The van der Waals surface area contributed by atoms with Gasteiger partial charge in [-0.2, -0.15) is 0 Å². The van der Waals surface area contributed by atoms with E-state index in [1.54, 1.807) is 20.4 Å². The van der Waals surface area contributed by atoms with E-state index in [4.69, 9.17) is 26.1 Å². The monoisotopic (exact) mass is 613 g/mol. The molecule has 1 fully saturated rings. The molecule has 0 atom stereocenters. The van der Waals surface area contributed by atoms with E-state index in [2.05, 4.69) is 39.5 Å². The number of benzene rings is 2. The van der Waals surface area contributed by atoms with Crippen molar-refractivity contribution in [2.24, 2.45) is 4.99 Å². The van der Waals surface area contributed by atoms with E-state index in [1.165, 1.54) is 11.3 Å². The zero-order valence-corrected chi connectivity index (χ0v) is 27.2. The molecule has 0 unspecified atom stereocenters. The van der Waals surface area contributed by atoms with Crippen LogP contribution in [0.1, 0.15) is 32.3 Å². The van der Waals surface area contributed by atoms with Gasteiger partial charge in [-0.3, -0.25) is 4.90 Å². The van der Waals surface area contributed by atoms with Crippen molar-refractivity contribution in [1.29, 1.82) is 0 Å². The summed E-state index contributed by atoms with van der Waals surface area (Å²) in [5.41, 5.74) is 4.11. The van der Waals surface area contributed by atoms with Crippen LogP contribution in [0.3, 0.4) is 0 Å². The Morgan fingerprint density at radius 2 is 1.88 bits per heavy atom. The van der Waals surface area contributed by atoms with Crippen LogP contribution in [-0.4, -0.2) is 77.1 Å². The van der Waals surface area contributed by atoms with Gasteiger partial charge in [0.1, 0.15) is 18.7 Å². The largest absolute Gasteiger partial charge is 0.491 e. The van der Waals surface area contributed by atoms with Crippen LogP contribution in [0.4, 0.5) is 17.1 Å². The molecule has 42 heavy (non-hydrogen) atoms. The molecule has 10 heteroatoms. The molecule has 0 radical (unpaired) electrons. The number of anilines is 3. The first-order valence-electron chi connectivity index (χ1n) is 14.8. The van der Waals surface area contributed by atoms with E-state index in [9.17, 15) is 4.57 Å². The highest BCUT2D eigenvalue weighted by molar-refractivity contribution is 7.70. The molecule has 8 nitrogen and oxygen atoms in total. The Labute approximate surface area is 256 Å². The molecule has 0 bridgehead atoms. The number of amidine groups is 1. The highest BCUT2D eigenvalue weighted by Gasteiger charge is 2.26. The molecular formula is C32H45ClN5O3P. The number of para-hydroxylation sites is 1. The lowest BCUT2D eigenvalue weighted by molar-refractivity contribution is 0.144. The number of methoxy groups -OCH3 is 1. The first kappa shape index (κ1) is 32.2. The summed E-state index contributed by atoms with van der Waals surface area (Å²) in [5.74, 6) is 2.03. The van der Waals surface area contributed by atoms with Crippen LogP contribution < -0.4 is 25.6 Å². The lowest BCUT2D eigenvalue weighted by atomic mass is 10.1. The molecular weight excluding hydrogens is 569 g/mol. The van der Waals surface area contributed by atoms with Gasteiger partial charge in [-0.05, 0) is 57.0 Å². The van der Waals surface area contributed by atoms with Crippen molar-refractivity contribution >= 4 is 46.9 Å². The Kier molecular flexibility index (Phi) is 11.6. The topological polar surface area (TPSA) is 78.4 Å². The van der Waals surface area contributed by atoms with E-state index >= 15 is 0 Å². The Morgan fingerprint density at radius 1 is 1.12 bits per heavy atom. The van der Waals surface area contributed by atoms with Crippen molar-refractivity contribution in [1.82, 2.24) is 4.90 Å². The van der Waals surface area contributed by atoms with Crippen molar-refractivity contribution in [2.75, 3.05) is 81.9 Å². The lowest BCUT2D eigenvalue weighted by Gasteiger charge is -2.36. The van der Waals surface area contributed by atoms with Gasteiger partial charge in [-0.1, -0.05) is 43.2 Å². The summed E-state index contributed by atoms with van der Waals surface area (Å²) < 4.78 is 24.4. The number of ether oxygens (including phenoxy) is 2. The van der Waals surface area contributed by atoms with Crippen molar-refractivity contribution in [3.63, 3.8) is 0 Å². The molecule has 0 aliphatic carbocycles. The average Bonchev–Trinajstić information content (AvgIpc) is 3.47. The minimum atomic E-state index is -2.53. The third-order valence-corrected chi connectivity index (χ3v) is 9.29. The number of nitrogens with zero attached hydrogens (tertiary/aromatic N) is 3. The molecule has 2 heterocycles. The highest BCUT2D eigenvalue weighted by atomic mass is 35.5. The summed E-state index contributed by atoms with van der Waals surface area (Å²) >= 11 is 6.77. The molecule has 0 spiro atoms. The Hall–Kier alpha value is -2.77. The van der Waals surface area contributed by atoms with Gasteiger partial charge in [0, 0.05) is 62.8 Å². The third kappa shape index (κ3) is 8.41. The molecule has 228 valence electrons. The molecule has 1 saturated heterocycles. The number of aliphatic imine (C=N–C) groups is 1. The Morgan fingerprint density at radius 3 is 2.60 bits per heavy atom. The van der Waals surface area contributed by atoms with Crippen LogP contribution in [0.2, 0.25) is 0 Å². The fourth-order valence-electron chi connectivity index (χ4n) is 5.25. The molecule has 2 aromatic carbocycles. The van der Waals surface area contributed by atoms with Crippen molar-refractivity contribution < 1.29 is 14.0 Å². The van der Waals surface area contributed by atoms with Gasteiger partial charge in [0.15, 0.2) is 5.82 Å². The number of unbranched alkanes of at least 4 members (excludes halogenated alkanes) is 1. The second-order valence-electron chi connectivity index (χ2n) is 11.1. The Balaban J connectivity index is 1.57. The summed E-state index contributed by atoms with van der Waals surface area (Å²) in [6, 6.07) is 11.9. The maximum Gasteiger partial charge on any atom is 0.151 e. The SMILES string of the molecule is CCC/C=C/C(Cl)=C(\N=C(/C)Nc1ccc(N2CCN(CCOC)CC2)c2c1OCC2)Nc1ccccc1P(C)(C)=O. The summed E-state index contributed by atoms with van der Waals surface area (Å²) in [6.07, 6.45) is 6.73. The minimum Gasteiger partial charge on any atom is -0.491 e. The number of nitrogens with one attached hydrogen (secondary N) is 2. The number of piperazine rings is 1. The third-order valence-electron chi connectivity index (χ3n) is 7.44. The highest BCUT2D eigenvalue weighted by Crippen LogP contribution is 2.41. The maximum absolute atomic E-state index is 13.0. The van der Waals surface area contributed by atoms with Gasteiger partial charge in [-0.15, -0.1) is 0 Å². The van der Waals surface area contributed by atoms with Crippen molar-refractivity contribution in [2.45, 2.75) is 33.1 Å². The lowest BCUT2D eigenvalue weighted by Crippen LogP contribution is -2.47. The predicted molar refractivity (Wildman–Crippen MR) is 179 cm³/mol. The summed E-state index contributed by atoms with van der Waals surface area (Å²) in [6.45, 7) is 14.0. The molecule has 0 amide bonds. The van der Waals surface area contributed by atoms with Crippen molar-refractivity contribution in [3.8, 4) is 5.75 Å². The van der Waals surface area contributed by atoms with E-state index in [0.717, 1.165) is 81.0 Å². The van der Waals surface area contributed by atoms with Gasteiger partial charge in [0.2, 0.25) is 0 Å². The standard InChI is InChI=1S/C32H45ClN5O3P/c1-6-7-8-11-26(33)32(36-27-12-9-10-13-30(27)42(4,5)39)35-24(2)34-28-14-15-29(25-16-22-41-31(25)28)38-19-17-37(18-20-38)21-23-40-3/h8-15,36H,6-7,16-23H2,1-5H3,(H,34,35)/b11-8+,32-26-. The van der Waals surface area contributed by atoms with Crippen molar-refractivity contribution in [3.05, 3.63) is 65.0 Å². The maximum atomic E-state index is 13.0. The number of allylic oxidation sites excluding steroid dienone is 3. The van der Waals surface area contributed by atoms with Crippen LogP contribution in [0.25, 0.3) is 0 Å². The van der Waals surface area contributed by atoms with Crippen LogP contribution in [-0.2, 0) is 15.7 Å². The number of rotatable bonds is 12. The fourth-order valence-corrected chi connectivity index (χ4v) is 6.58. The summed E-state index contributed by atoms with van der Waals surface area (Å²) in [4.78, 5) is 9.77. The van der Waals surface area contributed by atoms with Gasteiger partial charge < -0.3 is 29.6 Å². The molecule has 4 rings (SSSR count). The van der Waals surface area contributed by atoms with Crippen LogP contribution >= 0.6 is 18.7 Å². The zero-order valence-electron chi connectivity index (χ0n) is 25.6. The molecule has 2 aromatic rings. The van der Waals surface area contributed by atoms with Crippen LogP contribution in [0, 0.1) is 0 Å². The fraction of sp³-hybridized carbons (Fsp3) is 0.469. The smallest absolute Gasteiger partial charge is 0.151 e. The molecule has 2 aliphatic rings. The molecule has 0 saturated carbocycles. The van der Waals surface area contributed by atoms with E-state index in [1.807, 2.05) is 43.3 Å². The Bertz CT molecular complexity index is 1360. The minimum absolute atomic E-state index is 0.475. The number of fused-ring (bicyclic) bond motifs is 1. The second kappa shape index (κ2) is 15.1. The summed E-state index contributed by atoms with van der Waals surface area (Å²) in [5, 5.41) is 8.05.